The SMILES string of the molecule is COc1cccc(-c2cc(C(=O)Oc3ccccc3C(C)=O)c3cc(C)cc(C)c3n2)c1. The van der Waals surface area contributed by atoms with Crippen LogP contribution in [0.5, 0.6) is 11.5 Å². The number of aryl methyl sites for hydroxylation is 2. The summed E-state index contributed by atoms with van der Waals surface area (Å²) in [5.41, 5.74) is 4.91. The lowest BCUT2D eigenvalue weighted by atomic mass is 9.99. The van der Waals surface area contributed by atoms with E-state index in [1.807, 2.05) is 50.2 Å². The van der Waals surface area contributed by atoms with Crippen LogP contribution < -0.4 is 9.47 Å². The second-order valence-corrected chi connectivity index (χ2v) is 7.71. The number of para-hydroxylation sites is 1. The van der Waals surface area contributed by atoms with Crippen molar-refractivity contribution >= 4 is 22.7 Å². The van der Waals surface area contributed by atoms with Crippen molar-refractivity contribution in [2.45, 2.75) is 20.8 Å². The number of nitrogens with zero attached hydrogens (tertiary/aromatic N) is 1. The number of hydrogen-bond donors (Lipinski definition) is 0. The predicted molar refractivity (Wildman–Crippen MR) is 125 cm³/mol. The maximum absolute atomic E-state index is 13.3. The van der Waals surface area contributed by atoms with Crippen LogP contribution in [0.1, 0.15) is 38.8 Å². The van der Waals surface area contributed by atoms with Gasteiger partial charge in [0.15, 0.2) is 5.78 Å². The molecule has 1 aromatic heterocycles. The number of rotatable bonds is 5. The summed E-state index contributed by atoms with van der Waals surface area (Å²) in [7, 11) is 1.61. The van der Waals surface area contributed by atoms with E-state index in [1.54, 1.807) is 37.4 Å². The Labute approximate surface area is 186 Å². The van der Waals surface area contributed by atoms with Crippen LogP contribution in [0.25, 0.3) is 22.2 Å². The molecule has 0 amide bonds. The van der Waals surface area contributed by atoms with Crippen LogP contribution in [0.2, 0.25) is 0 Å². The summed E-state index contributed by atoms with van der Waals surface area (Å²) in [6.45, 7) is 5.39. The van der Waals surface area contributed by atoms with E-state index in [0.29, 0.717) is 28.0 Å². The molecule has 0 unspecified atom stereocenters. The molecule has 0 fully saturated rings. The number of ketones is 1. The monoisotopic (exact) mass is 425 g/mol. The Kier molecular flexibility index (Phi) is 5.73. The van der Waals surface area contributed by atoms with Gasteiger partial charge in [-0.15, -0.1) is 0 Å². The maximum atomic E-state index is 13.3. The number of ether oxygens (including phenoxy) is 2. The van der Waals surface area contributed by atoms with Gasteiger partial charge in [0.25, 0.3) is 0 Å². The van der Waals surface area contributed by atoms with Crippen LogP contribution in [-0.4, -0.2) is 23.8 Å². The molecule has 0 aliphatic carbocycles. The molecule has 0 aliphatic heterocycles. The van der Waals surface area contributed by atoms with E-state index in [4.69, 9.17) is 14.5 Å². The van der Waals surface area contributed by atoms with Gasteiger partial charge in [0.2, 0.25) is 0 Å². The number of Topliss-reactive ketones (excluding diaryl/α,β-unsaturated/α-hetero) is 1. The van der Waals surface area contributed by atoms with E-state index in [0.717, 1.165) is 22.2 Å². The standard InChI is InChI=1S/C27H23NO4/c1-16-12-17(2)26-22(13-16)23(15-24(28-26)19-8-7-9-20(14-19)31-4)27(30)32-25-11-6-5-10-21(25)18(3)29/h5-15H,1-4H3. The number of benzene rings is 3. The molecule has 0 saturated carbocycles. The summed E-state index contributed by atoms with van der Waals surface area (Å²) in [4.78, 5) is 30.2. The van der Waals surface area contributed by atoms with Gasteiger partial charge in [-0.2, -0.15) is 0 Å². The van der Waals surface area contributed by atoms with Gasteiger partial charge in [0, 0.05) is 10.9 Å². The van der Waals surface area contributed by atoms with Gasteiger partial charge in [-0.25, -0.2) is 9.78 Å². The molecule has 0 saturated heterocycles. The highest BCUT2D eigenvalue weighted by atomic mass is 16.5. The predicted octanol–water partition coefficient (Wildman–Crippen LogP) is 5.95. The Hall–Kier alpha value is -3.99. The number of esters is 1. The summed E-state index contributed by atoms with van der Waals surface area (Å²) in [5.74, 6) is 0.226. The van der Waals surface area contributed by atoms with Crippen molar-refractivity contribution < 1.29 is 19.1 Å². The second kappa shape index (κ2) is 8.63. The molecule has 4 rings (SSSR count). The van der Waals surface area contributed by atoms with E-state index in [1.165, 1.54) is 6.92 Å². The fraction of sp³-hybridized carbons (Fsp3) is 0.148. The first-order valence-corrected chi connectivity index (χ1v) is 10.3. The zero-order valence-corrected chi connectivity index (χ0v) is 18.4. The van der Waals surface area contributed by atoms with Crippen molar-refractivity contribution in [3.63, 3.8) is 0 Å². The lowest BCUT2D eigenvalue weighted by Gasteiger charge is -2.13. The van der Waals surface area contributed by atoms with Crippen molar-refractivity contribution in [2.75, 3.05) is 7.11 Å². The Morgan fingerprint density at radius 1 is 0.875 bits per heavy atom. The van der Waals surface area contributed by atoms with Gasteiger partial charge in [-0.1, -0.05) is 35.9 Å². The first-order valence-electron chi connectivity index (χ1n) is 10.3. The third kappa shape index (κ3) is 4.10. The van der Waals surface area contributed by atoms with E-state index in [2.05, 4.69) is 0 Å². The molecular weight excluding hydrogens is 402 g/mol. The van der Waals surface area contributed by atoms with E-state index in [9.17, 15) is 9.59 Å². The van der Waals surface area contributed by atoms with Gasteiger partial charge >= 0.3 is 5.97 Å². The largest absolute Gasteiger partial charge is 0.497 e. The molecule has 32 heavy (non-hydrogen) atoms. The van der Waals surface area contributed by atoms with Crippen molar-refractivity contribution in [3.05, 3.63) is 89.0 Å². The average Bonchev–Trinajstić information content (AvgIpc) is 2.78. The third-order valence-corrected chi connectivity index (χ3v) is 5.30. The minimum Gasteiger partial charge on any atom is -0.497 e. The van der Waals surface area contributed by atoms with Crippen molar-refractivity contribution in [3.8, 4) is 22.8 Å². The van der Waals surface area contributed by atoms with E-state index >= 15 is 0 Å². The number of methoxy groups -OCH3 is 1. The number of hydrogen-bond acceptors (Lipinski definition) is 5. The van der Waals surface area contributed by atoms with Crippen molar-refractivity contribution in [1.82, 2.24) is 4.98 Å². The molecule has 0 atom stereocenters. The number of fused-ring (bicyclic) bond motifs is 1. The lowest BCUT2D eigenvalue weighted by molar-refractivity contribution is 0.0735. The highest BCUT2D eigenvalue weighted by Gasteiger charge is 2.19. The fourth-order valence-electron chi connectivity index (χ4n) is 3.78. The Balaban J connectivity index is 1.89. The van der Waals surface area contributed by atoms with Crippen LogP contribution >= 0.6 is 0 Å². The fourth-order valence-corrected chi connectivity index (χ4v) is 3.78. The minimum absolute atomic E-state index is 0.170. The quantitative estimate of drug-likeness (QED) is 0.225. The Morgan fingerprint density at radius 2 is 1.66 bits per heavy atom. The number of pyridine rings is 1. The molecule has 3 aromatic carbocycles. The van der Waals surface area contributed by atoms with Crippen molar-refractivity contribution in [2.24, 2.45) is 0 Å². The van der Waals surface area contributed by atoms with Crippen LogP contribution in [0.15, 0.2) is 66.7 Å². The van der Waals surface area contributed by atoms with Crippen LogP contribution in [0.3, 0.4) is 0 Å². The molecule has 0 aliphatic rings. The first-order chi connectivity index (χ1) is 15.4. The lowest BCUT2D eigenvalue weighted by Crippen LogP contribution is -2.12. The summed E-state index contributed by atoms with van der Waals surface area (Å²) >= 11 is 0. The highest BCUT2D eigenvalue weighted by Crippen LogP contribution is 2.30. The second-order valence-electron chi connectivity index (χ2n) is 7.71. The summed E-state index contributed by atoms with van der Waals surface area (Å²) in [6.07, 6.45) is 0. The molecule has 5 heteroatoms. The Morgan fingerprint density at radius 3 is 2.41 bits per heavy atom. The number of aromatic nitrogens is 1. The zero-order valence-electron chi connectivity index (χ0n) is 18.4. The van der Waals surface area contributed by atoms with E-state index < -0.39 is 5.97 Å². The molecule has 0 spiro atoms. The summed E-state index contributed by atoms with van der Waals surface area (Å²) < 4.78 is 11.0. The third-order valence-electron chi connectivity index (χ3n) is 5.30. The number of carbonyl (C=O) groups excluding carboxylic acids is 2. The molecule has 0 N–H and O–H groups in total. The van der Waals surface area contributed by atoms with Crippen molar-refractivity contribution in [1.29, 1.82) is 0 Å². The molecule has 160 valence electrons. The molecule has 5 nitrogen and oxygen atoms in total. The van der Waals surface area contributed by atoms with Crippen LogP contribution in [-0.2, 0) is 0 Å². The molecule has 4 aromatic rings. The molecule has 1 heterocycles. The van der Waals surface area contributed by atoms with Crippen LogP contribution in [0.4, 0.5) is 0 Å². The van der Waals surface area contributed by atoms with Gasteiger partial charge < -0.3 is 9.47 Å². The summed E-state index contributed by atoms with van der Waals surface area (Å²) in [5, 5.41) is 0.708. The molecule has 0 bridgehead atoms. The van der Waals surface area contributed by atoms with Gasteiger partial charge in [-0.05, 0) is 62.7 Å². The highest BCUT2D eigenvalue weighted by molar-refractivity contribution is 6.07. The zero-order chi connectivity index (χ0) is 22.8. The van der Waals surface area contributed by atoms with E-state index in [-0.39, 0.29) is 11.5 Å². The topological polar surface area (TPSA) is 65.5 Å². The average molecular weight is 425 g/mol. The molecular formula is C27H23NO4. The Bertz CT molecular complexity index is 1360. The molecule has 0 radical (unpaired) electrons. The number of carbonyl (C=O) groups is 2. The van der Waals surface area contributed by atoms with Gasteiger partial charge in [-0.3, -0.25) is 4.79 Å². The summed E-state index contributed by atoms with van der Waals surface area (Å²) in [6, 6.07) is 20.0. The van der Waals surface area contributed by atoms with Gasteiger partial charge in [0.05, 0.1) is 29.4 Å². The first kappa shape index (κ1) is 21.2. The normalized spacial score (nSPS) is 10.8. The maximum Gasteiger partial charge on any atom is 0.344 e. The minimum atomic E-state index is -0.541. The smallest absolute Gasteiger partial charge is 0.344 e. The van der Waals surface area contributed by atoms with Crippen LogP contribution in [0, 0.1) is 13.8 Å². The van der Waals surface area contributed by atoms with Gasteiger partial charge in [0.1, 0.15) is 11.5 Å².